The molecule has 31 heavy (non-hydrogen) atoms. The van der Waals surface area contributed by atoms with Gasteiger partial charge in [0.1, 0.15) is 11.8 Å². The van der Waals surface area contributed by atoms with Crippen molar-refractivity contribution in [1.82, 2.24) is 10.2 Å². The number of nitrogens with one attached hydrogen (secondary N) is 1. The van der Waals surface area contributed by atoms with Crippen LogP contribution in [0.4, 0.5) is 0 Å². The Morgan fingerprint density at radius 1 is 1.10 bits per heavy atom. The molecule has 0 aromatic heterocycles. The Morgan fingerprint density at radius 2 is 1.84 bits per heavy atom. The van der Waals surface area contributed by atoms with Crippen molar-refractivity contribution in [2.24, 2.45) is 0 Å². The minimum atomic E-state index is -0.558. The van der Waals surface area contributed by atoms with Crippen LogP contribution < -0.4 is 10.1 Å². The van der Waals surface area contributed by atoms with Gasteiger partial charge in [-0.05, 0) is 62.9 Å². The average Bonchev–Trinajstić information content (AvgIpc) is 2.74. The van der Waals surface area contributed by atoms with Crippen molar-refractivity contribution in [3.05, 3.63) is 63.6 Å². The van der Waals surface area contributed by atoms with Crippen LogP contribution in [0.2, 0.25) is 0 Å². The summed E-state index contributed by atoms with van der Waals surface area (Å²) in [6.45, 7) is 10.1. The highest BCUT2D eigenvalue weighted by Crippen LogP contribution is 2.22. The van der Waals surface area contributed by atoms with E-state index in [4.69, 9.17) is 4.74 Å². The van der Waals surface area contributed by atoms with Gasteiger partial charge in [0.05, 0.1) is 0 Å². The third kappa shape index (κ3) is 7.39. The predicted octanol–water partition coefficient (Wildman–Crippen LogP) is 5.17. The van der Waals surface area contributed by atoms with Gasteiger partial charge in [0.25, 0.3) is 5.91 Å². The van der Waals surface area contributed by atoms with E-state index >= 15 is 0 Å². The Labute approximate surface area is 194 Å². The predicted molar refractivity (Wildman–Crippen MR) is 128 cm³/mol. The van der Waals surface area contributed by atoms with Crippen molar-refractivity contribution >= 4 is 27.7 Å². The number of benzene rings is 2. The molecule has 2 atom stereocenters. The summed E-state index contributed by atoms with van der Waals surface area (Å²) >= 11 is 3.47. The van der Waals surface area contributed by atoms with Crippen molar-refractivity contribution in [1.29, 1.82) is 0 Å². The lowest BCUT2D eigenvalue weighted by molar-refractivity contribution is -0.143. The smallest absolute Gasteiger partial charge is 0.261 e. The molecule has 0 fully saturated rings. The van der Waals surface area contributed by atoms with E-state index < -0.39 is 6.04 Å². The first-order valence-electron chi connectivity index (χ1n) is 10.8. The average molecular weight is 489 g/mol. The lowest BCUT2D eigenvalue weighted by Crippen LogP contribution is -2.51. The van der Waals surface area contributed by atoms with Gasteiger partial charge in [0.2, 0.25) is 5.91 Å². The van der Waals surface area contributed by atoms with E-state index in [-0.39, 0.29) is 24.5 Å². The van der Waals surface area contributed by atoms with E-state index in [1.165, 1.54) is 0 Å². The molecule has 2 amide bonds. The number of nitrogens with zero attached hydrogens (tertiary/aromatic N) is 1. The van der Waals surface area contributed by atoms with Gasteiger partial charge in [-0.25, -0.2) is 0 Å². The van der Waals surface area contributed by atoms with E-state index in [0.29, 0.717) is 18.7 Å². The molecule has 1 N–H and O–H groups in total. The number of hydrogen-bond donors (Lipinski definition) is 1. The maximum Gasteiger partial charge on any atom is 0.261 e. The highest BCUT2D eigenvalue weighted by molar-refractivity contribution is 9.10. The number of carbonyl (C=O) groups is 2. The van der Waals surface area contributed by atoms with E-state index in [1.54, 1.807) is 4.90 Å². The summed E-state index contributed by atoms with van der Waals surface area (Å²) in [6.07, 6.45) is 1.36. The van der Waals surface area contributed by atoms with Crippen molar-refractivity contribution < 1.29 is 14.3 Å². The molecular weight excluding hydrogens is 456 g/mol. The van der Waals surface area contributed by atoms with Gasteiger partial charge in [-0.15, -0.1) is 0 Å². The number of amides is 2. The fraction of sp³-hybridized carbons (Fsp3) is 0.440. The monoisotopic (exact) mass is 488 g/mol. The fourth-order valence-corrected chi connectivity index (χ4v) is 3.55. The fourth-order valence-electron chi connectivity index (χ4n) is 3.30. The first kappa shape index (κ1) is 24.9. The van der Waals surface area contributed by atoms with Crippen LogP contribution >= 0.6 is 15.9 Å². The summed E-state index contributed by atoms with van der Waals surface area (Å²) in [5.74, 6) is 0.284. The lowest BCUT2D eigenvalue weighted by atomic mass is 10.1. The Morgan fingerprint density at radius 3 is 2.45 bits per heavy atom. The molecule has 0 bridgehead atoms. The van der Waals surface area contributed by atoms with E-state index in [0.717, 1.165) is 27.6 Å². The number of aryl methyl sites for hydroxylation is 2. The molecule has 168 valence electrons. The summed E-state index contributed by atoms with van der Waals surface area (Å²) in [5, 5.41) is 3.02. The molecule has 0 aliphatic heterocycles. The molecule has 0 spiro atoms. The van der Waals surface area contributed by atoms with Crippen LogP contribution in [0.25, 0.3) is 0 Å². The van der Waals surface area contributed by atoms with E-state index in [9.17, 15) is 9.59 Å². The quantitative estimate of drug-likeness (QED) is 0.501. The second-order valence-corrected chi connectivity index (χ2v) is 8.81. The number of hydrogen-bond acceptors (Lipinski definition) is 3. The molecular formula is C25H33BrN2O3. The van der Waals surface area contributed by atoms with Gasteiger partial charge in [-0.1, -0.05) is 59.6 Å². The van der Waals surface area contributed by atoms with Crippen molar-refractivity contribution in [3.63, 3.8) is 0 Å². The zero-order valence-electron chi connectivity index (χ0n) is 19.1. The SMILES string of the molecule is CC[C@@H](C)NC(=O)[C@@H](CC)N(Cc1cccc(C)c1)C(=O)COc1ccc(Br)c(C)c1. The van der Waals surface area contributed by atoms with Crippen LogP contribution in [0.3, 0.4) is 0 Å². The van der Waals surface area contributed by atoms with Gasteiger partial charge in [0, 0.05) is 17.1 Å². The molecule has 0 aliphatic rings. The Kier molecular flexibility index (Phi) is 9.56. The molecule has 2 aromatic carbocycles. The third-order valence-corrected chi connectivity index (χ3v) is 6.20. The summed E-state index contributed by atoms with van der Waals surface area (Å²) in [6, 6.07) is 13.1. The largest absolute Gasteiger partial charge is 0.484 e. The summed E-state index contributed by atoms with van der Waals surface area (Å²) < 4.78 is 6.77. The van der Waals surface area contributed by atoms with Crippen molar-refractivity contribution in [2.75, 3.05) is 6.61 Å². The van der Waals surface area contributed by atoms with Gasteiger partial charge in [0.15, 0.2) is 6.61 Å². The van der Waals surface area contributed by atoms with Crippen LogP contribution in [0, 0.1) is 13.8 Å². The Hall–Kier alpha value is -2.34. The minimum absolute atomic E-state index is 0.0551. The molecule has 5 nitrogen and oxygen atoms in total. The highest BCUT2D eigenvalue weighted by Gasteiger charge is 2.29. The first-order chi connectivity index (χ1) is 14.7. The van der Waals surface area contributed by atoms with Crippen LogP contribution in [0.15, 0.2) is 46.9 Å². The van der Waals surface area contributed by atoms with Crippen molar-refractivity contribution in [3.8, 4) is 5.75 Å². The molecule has 0 aliphatic carbocycles. The topological polar surface area (TPSA) is 58.6 Å². The standard InChI is InChI=1S/C25H33BrN2O3/c1-6-19(5)27-25(30)23(7-2)28(15-20-10-8-9-17(3)13-20)24(29)16-31-21-11-12-22(26)18(4)14-21/h8-14,19,23H,6-7,15-16H2,1-5H3,(H,27,30)/t19-,23-/m1/s1. The van der Waals surface area contributed by atoms with Crippen LogP contribution in [0.1, 0.15) is 50.3 Å². The number of carbonyl (C=O) groups excluding carboxylic acids is 2. The second kappa shape index (κ2) is 11.9. The van der Waals surface area contributed by atoms with Crippen LogP contribution in [-0.4, -0.2) is 35.4 Å². The zero-order valence-corrected chi connectivity index (χ0v) is 20.7. The number of halogens is 1. The summed E-state index contributed by atoms with van der Waals surface area (Å²) in [4.78, 5) is 27.8. The normalized spacial score (nSPS) is 12.7. The third-order valence-electron chi connectivity index (χ3n) is 5.31. The van der Waals surface area contributed by atoms with Gasteiger partial charge in [-0.3, -0.25) is 9.59 Å². The Balaban J connectivity index is 2.22. The molecule has 0 saturated heterocycles. The van der Waals surface area contributed by atoms with Crippen molar-refractivity contribution in [2.45, 2.75) is 66.1 Å². The second-order valence-electron chi connectivity index (χ2n) is 7.95. The number of ether oxygens (including phenoxy) is 1. The molecule has 0 radical (unpaired) electrons. The van der Waals surface area contributed by atoms with E-state index in [1.807, 2.05) is 77.1 Å². The first-order valence-corrected chi connectivity index (χ1v) is 11.6. The molecule has 2 rings (SSSR count). The summed E-state index contributed by atoms with van der Waals surface area (Å²) in [5.41, 5.74) is 3.13. The maximum absolute atomic E-state index is 13.2. The molecule has 0 unspecified atom stereocenters. The van der Waals surface area contributed by atoms with Gasteiger partial charge in [-0.2, -0.15) is 0 Å². The summed E-state index contributed by atoms with van der Waals surface area (Å²) in [7, 11) is 0. The zero-order chi connectivity index (χ0) is 23.0. The van der Waals surface area contributed by atoms with Gasteiger partial charge >= 0.3 is 0 Å². The molecule has 2 aromatic rings. The molecule has 0 heterocycles. The van der Waals surface area contributed by atoms with Crippen LogP contribution in [-0.2, 0) is 16.1 Å². The van der Waals surface area contributed by atoms with Gasteiger partial charge < -0.3 is 15.0 Å². The number of rotatable bonds is 10. The van der Waals surface area contributed by atoms with Crippen LogP contribution in [0.5, 0.6) is 5.75 Å². The minimum Gasteiger partial charge on any atom is -0.484 e. The molecule has 6 heteroatoms. The lowest BCUT2D eigenvalue weighted by Gasteiger charge is -2.31. The molecule has 0 saturated carbocycles. The Bertz CT molecular complexity index is 900. The highest BCUT2D eigenvalue weighted by atomic mass is 79.9. The van der Waals surface area contributed by atoms with E-state index in [2.05, 4.69) is 21.2 Å². The maximum atomic E-state index is 13.2.